The number of aliphatic hydroxyl groups is 1. The van der Waals surface area contributed by atoms with Crippen LogP contribution < -0.4 is 0 Å². The fourth-order valence-electron chi connectivity index (χ4n) is 3.80. The first-order valence-electron chi connectivity index (χ1n) is 8.83. The summed E-state index contributed by atoms with van der Waals surface area (Å²) in [4.78, 5) is 0. The van der Waals surface area contributed by atoms with Gasteiger partial charge in [-0.15, -0.1) is 0 Å². The minimum atomic E-state index is -0.238. The molecule has 1 aromatic heterocycles. The van der Waals surface area contributed by atoms with Crippen LogP contribution in [-0.4, -0.2) is 15.8 Å². The number of benzene rings is 2. The molecule has 1 heterocycles. The molecular formula is C22H23NO. The van der Waals surface area contributed by atoms with E-state index in [1.165, 1.54) is 28.7 Å². The van der Waals surface area contributed by atoms with Crippen molar-refractivity contribution in [1.82, 2.24) is 4.57 Å². The lowest BCUT2D eigenvalue weighted by molar-refractivity contribution is 0.0757. The number of rotatable bonds is 3. The maximum Gasteiger partial charge on any atom is 0.0747 e. The Hall–Kier alpha value is -2.32. The number of hydrogen-bond acceptors (Lipinski definition) is 1. The summed E-state index contributed by atoms with van der Waals surface area (Å²) in [6.45, 7) is 0. The summed E-state index contributed by atoms with van der Waals surface area (Å²) in [5.74, 6) is 0. The molecule has 2 atom stereocenters. The van der Waals surface area contributed by atoms with Crippen molar-refractivity contribution in [2.75, 3.05) is 0 Å². The van der Waals surface area contributed by atoms with Gasteiger partial charge >= 0.3 is 0 Å². The third-order valence-corrected chi connectivity index (χ3v) is 5.09. The number of aromatic nitrogens is 1. The molecule has 2 nitrogen and oxygen atoms in total. The summed E-state index contributed by atoms with van der Waals surface area (Å²) in [6, 6.07) is 21.2. The fraction of sp³-hybridized carbons (Fsp3) is 0.273. The van der Waals surface area contributed by atoms with Crippen LogP contribution in [0, 0.1) is 0 Å². The SMILES string of the molecule is O[C@H]1CCCC[C@H]1n1cc(-c2ccccc2)c(-c2ccccc2)c1. The maximum atomic E-state index is 10.4. The van der Waals surface area contributed by atoms with Crippen LogP contribution in [0.15, 0.2) is 73.1 Å². The monoisotopic (exact) mass is 317 g/mol. The van der Waals surface area contributed by atoms with E-state index in [0.29, 0.717) is 0 Å². The van der Waals surface area contributed by atoms with E-state index in [9.17, 15) is 5.11 Å². The van der Waals surface area contributed by atoms with E-state index in [1.54, 1.807) is 0 Å². The molecule has 2 heteroatoms. The van der Waals surface area contributed by atoms with Gasteiger partial charge in [0.2, 0.25) is 0 Å². The summed E-state index contributed by atoms with van der Waals surface area (Å²) >= 11 is 0. The smallest absolute Gasteiger partial charge is 0.0747 e. The maximum absolute atomic E-state index is 10.4. The van der Waals surface area contributed by atoms with Crippen molar-refractivity contribution < 1.29 is 5.11 Å². The van der Waals surface area contributed by atoms with E-state index in [-0.39, 0.29) is 12.1 Å². The molecule has 1 fully saturated rings. The average molecular weight is 317 g/mol. The first-order chi connectivity index (χ1) is 11.8. The number of aliphatic hydroxyl groups excluding tert-OH is 1. The molecule has 1 aliphatic carbocycles. The summed E-state index contributed by atoms with van der Waals surface area (Å²) in [5, 5.41) is 10.4. The largest absolute Gasteiger partial charge is 0.391 e. The molecule has 0 amide bonds. The second-order valence-corrected chi connectivity index (χ2v) is 6.68. The molecule has 0 saturated heterocycles. The summed E-state index contributed by atoms with van der Waals surface area (Å²) < 4.78 is 2.24. The molecule has 24 heavy (non-hydrogen) atoms. The lowest BCUT2D eigenvalue weighted by Crippen LogP contribution is -2.26. The van der Waals surface area contributed by atoms with E-state index >= 15 is 0 Å². The van der Waals surface area contributed by atoms with Crippen molar-refractivity contribution in [3.8, 4) is 22.3 Å². The topological polar surface area (TPSA) is 25.2 Å². The zero-order valence-electron chi connectivity index (χ0n) is 13.8. The van der Waals surface area contributed by atoms with Crippen molar-refractivity contribution >= 4 is 0 Å². The van der Waals surface area contributed by atoms with Crippen LogP contribution in [0.1, 0.15) is 31.7 Å². The van der Waals surface area contributed by atoms with Crippen LogP contribution in [0.5, 0.6) is 0 Å². The van der Waals surface area contributed by atoms with Crippen LogP contribution in [-0.2, 0) is 0 Å². The lowest BCUT2D eigenvalue weighted by atomic mass is 9.92. The Morgan fingerprint density at radius 2 is 1.21 bits per heavy atom. The van der Waals surface area contributed by atoms with Gasteiger partial charge in [-0.2, -0.15) is 0 Å². The van der Waals surface area contributed by atoms with Crippen LogP contribution >= 0.6 is 0 Å². The Balaban J connectivity index is 1.82. The van der Waals surface area contributed by atoms with Crippen LogP contribution in [0.4, 0.5) is 0 Å². The molecule has 0 bridgehead atoms. The molecule has 1 aliphatic rings. The van der Waals surface area contributed by atoms with Gasteiger partial charge in [0.05, 0.1) is 12.1 Å². The number of hydrogen-bond donors (Lipinski definition) is 1. The van der Waals surface area contributed by atoms with Crippen LogP contribution in [0.2, 0.25) is 0 Å². The van der Waals surface area contributed by atoms with Crippen molar-refractivity contribution in [2.45, 2.75) is 37.8 Å². The Bertz CT molecular complexity index is 734. The van der Waals surface area contributed by atoms with E-state index in [2.05, 4.69) is 65.5 Å². The molecular weight excluding hydrogens is 294 g/mol. The molecule has 0 radical (unpaired) electrons. The molecule has 0 spiro atoms. The zero-order valence-corrected chi connectivity index (χ0v) is 13.8. The normalized spacial score (nSPS) is 20.9. The van der Waals surface area contributed by atoms with Gasteiger partial charge in [-0.1, -0.05) is 73.5 Å². The molecule has 0 aliphatic heterocycles. The quantitative estimate of drug-likeness (QED) is 0.697. The first-order valence-corrected chi connectivity index (χ1v) is 8.83. The highest BCUT2D eigenvalue weighted by Crippen LogP contribution is 2.37. The minimum absolute atomic E-state index is 0.193. The lowest BCUT2D eigenvalue weighted by Gasteiger charge is -2.28. The van der Waals surface area contributed by atoms with Crippen molar-refractivity contribution in [1.29, 1.82) is 0 Å². The van der Waals surface area contributed by atoms with Gasteiger partial charge in [-0.25, -0.2) is 0 Å². The van der Waals surface area contributed by atoms with E-state index in [0.717, 1.165) is 19.3 Å². The third kappa shape index (κ3) is 2.90. The first kappa shape index (κ1) is 15.2. The molecule has 4 rings (SSSR count). The highest BCUT2D eigenvalue weighted by molar-refractivity contribution is 5.83. The molecule has 122 valence electrons. The summed E-state index contributed by atoms with van der Waals surface area (Å²) in [6.07, 6.45) is 8.49. The minimum Gasteiger partial charge on any atom is -0.391 e. The van der Waals surface area contributed by atoms with Gasteiger partial charge < -0.3 is 9.67 Å². The predicted octanol–water partition coefficient (Wildman–Crippen LogP) is 5.30. The highest BCUT2D eigenvalue weighted by atomic mass is 16.3. The highest BCUT2D eigenvalue weighted by Gasteiger charge is 2.25. The Labute approximate surface area is 143 Å². The van der Waals surface area contributed by atoms with E-state index < -0.39 is 0 Å². The Kier molecular flexibility index (Phi) is 4.22. The van der Waals surface area contributed by atoms with Gasteiger partial charge in [0.15, 0.2) is 0 Å². The standard InChI is InChI=1S/C22H23NO/c24-22-14-8-7-13-21(22)23-15-19(17-9-3-1-4-10-17)20(16-23)18-11-5-2-6-12-18/h1-6,9-12,15-16,21-22,24H,7-8,13-14H2/t21-,22+/m1/s1. The van der Waals surface area contributed by atoms with Gasteiger partial charge in [-0.3, -0.25) is 0 Å². The Morgan fingerprint density at radius 1 is 0.708 bits per heavy atom. The van der Waals surface area contributed by atoms with Gasteiger partial charge in [0.1, 0.15) is 0 Å². The fourth-order valence-corrected chi connectivity index (χ4v) is 3.80. The van der Waals surface area contributed by atoms with Crippen molar-refractivity contribution in [3.63, 3.8) is 0 Å². The molecule has 2 aromatic carbocycles. The van der Waals surface area contributed by atoms with Gasteiger partial charge in [0, 0.05) is 23.5 Å². The molecule has 0 unspecified atom stereocenters. The van der Waals surface area contributed by atoms with E-state index in [1.807, 2.05) is 12.1 Å². The predicted molar refractivity (Wildman–Crippen MR) is 98.8 cm³/mol. The zero-order chi connectivity index (χ0) is 16.4. The third-order valence-electron chi connectivity index (χ3n) is 5.09. The average Bonchev–Trinajstić information content (AvgIpc) is 3.09. The van der Waals surface area contributed by atoms with E-state index in [4.69, 9.17) is 0 Å². The van der Waals surface area contributed by atoms with Crippen molar-refractivity contribution in [2.24, 2.45) is 0 Å². The second kappa shape index (κ2) is 6.66. The molecule has 3 aromatic rings. The summed E-state index contributed by atoms with van der Waals surface area (Å²) in [5.41, 5.74) is 4.92. The van der Waals surface area contributed by atoms with Crippen LogP contribution in [0.3, 0.4) is 0 Å². The van der Waals surface area contributed by atoms with Crippen molar-refractivity contribution in [3.05, 3.63) is 73.1 Å². The molecule has 1 N–H and O–H groups in total. The van der Waals surface area contributed by atoms with Crippen LogP contribution in [0.25, 0.3) is 22.3 Å². The van der Waals surface area contributed by atoms with Gasteiger partial charge in [0.25, 0.3) is 0 Å². The Morgan fingerprint density at radius 3 is 1.71 bits per heavy atom. The second-order valence-electron chi connectivity index (χ2n) is 6.68. The van der Waals surface area contributed by atoms with Gasteiger partial charge in [-0.05, 0) is 24.0 Å². The molecule has 1 saturated carbocycles. The summed E-state index contributed by atoms with van der Waals surface area (Å²) in [7, 11) is 0. The number of nitrogens with zero attached hydrogens (tertiary/aromatic N) is 1.